The van der Waals surface area contributed by atoms with E-state index in [-0.39, 0.29) is 17.5 Å². The summed E-state index contributed by atoms with van der Waals surface area (Å²) in [5.41, 5.74) is 2.89. The zero-order valence-corrected chi connectivity index (χ0v) is 19.7. The van der Waals surface area contributed by atoms with Gasteiger partial charge in [-0.2, -0.15) is 0 Å². The normalized spacial score (nSPS) is 12.9. The summed E-state index contributed by atoms with van der Waals surface area (Å²) in [5, 5.41) is 10.4. The molecule has 0 spiro atoms. The Balaban J connectivity index is 1.95. The van der Waals surface area contributed by atoms with Crippen molar-refractivity contribution < 1.29 is 4.79 Å². The zero-order chi connectivity index (χ0) is 22.9. The number of nitrogens with zero attached hydrogens (tertiary/aromatic N) is 2. The Labute approximate surface area is 187 Å². The molecule has 0 aliphatic carbocycles. The van der Waals surface area contributed by atoms with Gasteiger partial charge in [-0.05, 0) is 51.0 Å². The second kappa shape index (κ2) is 11.5. The van der Waals surface area contributed by atoms with Gasteiger partial charge in [0.05, 0.1) is 6.54 Å². The fourth-order valence-corrected chi connectivity index (χ4v) is 3.29. The van der Waals surface area contributed by atoms with E-state index in [1.165, 1.54) is 5.56 Å². The third-order valence-corrected chi connectivity index (χ3v) is 4.98. The first-order valence-electron chi connectivity index (χ1n) is 10.9. The molecule has 6 heteroatoms. The van der Waals surface area contributed by atoms with Gasteiger partial charge in [0.1, 0.15) is 0 Å². The van der Waals surface area contributed by atoms with Crippen molar-refractivity contribution in [3.05, 3.63) is 71.3 Å². The highest BCUT2D eigenvalue weighted by atomic mass is 16.2. The average molecular weight is 424 g/mol. The van der Waals surface area contributed by atoms with E-state index in [4.69, 9.17) is 4.99 Å². The number of carbonyl (C=O) groups is 1. The molecule has 3 N–H and O–H groups in total. The lowest BCUT2D eigenvalue weighted by atomic mass is 10.0. The van der Waals surface area contributed by atoms with E-state index in [0.717, 1.165) is 24.6 Å². The van der Waals surface area contributed by atoms with Crippen LogP contribution in [-0.2, 0) is 6.54 Å². The Morgan fingerprint density at radius 1 is 1.03 bits per heavy atom. The maximum atomic E-state index is 12.0. The van der Waals surface area contributed by atoms with Crippen LogP contribution in [0.25, 0.3) is 0 Å². The van der Waals surface area contributed by atoms with Crippen LogP contribution in [0.1, 0.15) is 55.2 Å². The maximum Gasteiger partial charge on any atom is 0.253 e. The summed E-state index contributed by atoms with van der Waals surface area (Å²) in [6.07, 6.45) is 0. The molecule has 31 heavy (non-hydrogen) atoms. The molecule has 0 aromatic heterocycles. The van der Waals surface area contributed by atoms with Gasteiger partial charge >= 0.3 is 0 Å². The van der Waals surface area contributed by atoms with Gasteiger partial charge in [0.25, 0.3) is 5.91 Å². The first-order chi connectivity index (χ1) is 14.7. The van der Waals surface area contributed by atoms with Crippen molar-refractivity contribution >= 4 is 11.9 Å². The number of nitrogens with one attached hydrogen (secondary N) is 3. The first-order valence-corrected chi connectivity index (χ1v) is 10.9. The number of guanidine groups is 1. The lowest BCUT2D eigenvalue weighted by Crippen LogP contribution is -2.52. The molecule has 2 aromatic rings. The Hall–Kier alpha value is -2.86. The molecule has 0 saturated carbocycles. The third-order valence-electron chi connectivity index (χ3n) is 4.98. The van der Waals surface area contributed by atoms with E-state index in [9.17, 15) is 4.79 Å². The highest BCUT2D eigenvalue weighted by Crippen LogP contribution is 2.15. The van der Waals surface area contributed by atoms with Crippen molar-refractivity contribution in [1.82, 2.24) is 20.9 Å². The number of rotatable bonds is 9. The SMILES string of the molecule is CCNC(=NCc1ccc(C(=O)N(C)C)cc1)NCC(C)(C)NC(C)c1ccccc1. The predicted octanol–water partition coefficient (Wildman–Crippen LogP) is 3.57. The lowest BCUT2D eigenvalue weighted by molar-refractivity contribution is 0.0827. The lowest BCUT2D eigenvalue weighted by Gasteiger charge is -2.31. The molecule has 1 atom stereocenters. The van der Waals surface area contributed by atoms with E-state index in [2.05, 4.69) is 67.9 Å². The van der Waals surface area contributed by atoms with Gasteiger partial charge in [-0.15, -0.1) is 0 Å². The number of hydrogen-bond acceptors (Lipinski definition) is 3. The van der Waals surface area contributed by atoms with Crippen molar-refractivity contribution in [3.8, 4) is 0 Å². The van der Waals surface area contributed by atoms with Crippen LogP contribution < -0.4 is 16.0 Å². The average Bonchev–Trinajstić information content (AvgIpc) is 2.75. The summed E-state index contributed by atoms with van der Waals surface area (Å²) in [6.45, 7) is 10.7. The zero-order valence-electron chi connectivity index (χ0n) is 19.7. The predicted molar refractivity (Wildman–Crippen MR) is 129 cm³/mol. The van der Waals surface area contributed by atoms with Gasteiger partial charge in [-0.1, -0.05) is 42.5 Å². The van der Waals surface area contributed by atoms with Crippen molar-refractivity contribution in [3.63, 3.8) is 0 Å². The van der Waals surface area contributed by atoms with E-state index in [1.54, 1.807) is 19.0 Å². The summed E-state index contributed by atoms with van der Waals surface area (Å²) in [4.78, 5) is 18.3. The summed E-state index contributed by atoms with van der Waals surface area (Å²) in [5.74, 6) is 0.780. The van der Waals surface area contributed by atoms with Crippen LogP contribution in [-0.4, -0.2) is 49.5 Å². The molecule has 0 aliphatic rings. The van der Waals surface area contributed by atoms with Crippen LogP contribution in [0.2, 0.25) is 0 Å². The summed E-state index contributed by atoms with van der Waals surface area (Å²) < 4.78 is 0. The monoisotopic (exact) mass is 423 g/mol. The number of benzene rings is 2. The molecule has 2 rings (SSSR count). The third kappa shape index (κ3) is 8.06. The molecular weight excluding hydrogens is 386 g/mol. The molecule has 0 radical (unpaired) electrons. The van der Waals surface area contributed by atoms with E-state index < -0.39 is 0 Å². The summed E-state index contributed by atoms with van der Waals surface area (Å²) in [7, 11) is 3.51. The molecule has 0 saturated heterocycles. The standard InChI is InChI=1S/C25H37N5O/c1-7-26-24(27-17-20-13-15-22(16-14-20)23(31)30(5)6)28-18-25(3,4)29-19(2)21-11-9-8-10-12-21/h8-16,19,29H,7,17-18H2,1-6H3,(H2,26,27,28). The molecule has 6 nitrogen and oxygen atoms in total. The van der Waals surface area contributed by atoms with Crippen LogP contribution in [0.3, 0.4) is 0 Å². The molecule has 0 aliphatic heterocycles. The van der Waals surface area contributed by atoms with Crippen LogP contribution in [0, 0.1) is 0 Å². The van der Waals surface area contributed by atoms with Crippen molar-refractivity contribution in [2.75, 3.05) is 27.2 Å². The largest absolute Gasteiger partial charge is 0.357 e. The summed E-state index contributed by atoms with van der Waals surface area (Å²) >= 11 is 0. The molecule has 168 valence electrons. The topological polar surface area (TPSA) is 68.8 Å². The number of aliphatic imine (C=N–C) groups is 1. The smallest absolute Gasteiger partial charge is 0.253 e. The van der Waals surface area contributed by atoms with Crippen molar-refractivity contribution in [1.29, 1.82) is 0 Å². The second-order valence-electron chi connectivity index (χ2n) is 8.61. The Morgan fingerprint density at radius 2 is 1.68 bits per heavy atom. The van der Waals surface area contributed by atoms with Gasteiger partial charge in [0.2, 0.25) is 0 Å². The molecule has 2 aromatic carbocycles. The quantitative estimate of drug-likeness (QED) is 0.426. The molecular formula is C25H37N5O. The molecule has 1 amide bonds. The number of amides is 1. The van der Waals surface area contributed by atoms with Gasteiger partial charge in [0.15, 0.2) is 5.96 Å². The minimum Gasteiger partial charge on any atom is -0.357 e. The van der Waals surface area contributed by atoms with Gasteiger partial charge in [-0.3, -0.25) is 4.79 Å². The van der Waals surface area contributed by atoms with Gasteiger partial charge in [-0.25, -0.2) is 4.99 Å². The van der Waals surface area contributed by atoms with Crippen LogP contribution in [0.5, 0.6) is 0 Å². The molecule has 0 fully saturated rings. The minimum absolute atomic E-state index is 0.00418. The highest BCUT2D eigenvalue weighted by Gasteiger charge is 2.21. The van der Waals surface area contributed by atoms with Gasteiger partial charge < -0.3 is 20.9 Å². The number of carbonyl (C=O) groups excluding carboxylic acids is 1. The van der Waals surface area contributed by atoms with E-state index in [0.29, 0.717) is 12.1 Å². The first kappa shape index (κ1) is 24.4. The van der Waals surface area contributed by atoms with Crippen LogP contribution in [0.15, 0.2) is 59.6 Å². The van der Waals surface area contributed by atoms with E-state index >= 15 is 0 Å². The Kier molecular flexibility index (Phi) is 9.06. The van der Waals surface area contributed by atoms with Crippen LogP contribution in [0.4, 0.5) is 0 Å². The maximum absolute atomic E-state index is 12.0. The second-order valence-corrected chi connectivity index (χ2v) is 8.61. The number of hydrogen-bond donors (Lipinski definition) is 3. The van der Waals surface area contributed by atoms with Gasteiger partial charge in [0, 0.05) is 44.3 Å². The molecule has 0 heterocycles. The molecule has 1 unspecified atom stereocenters. The minimum atomic E-state index is -0.125. The molecule has 0 bridgehead atoms. The Bertz CT molecular complexity index is 844. The Morgan fingerprint density at radius 3 is 2.26 bits per heavy atom. The van der Waals surface area contributed by atoms with Crippen LogP contribution >= 0.6 is 0 Å². The highest BCUT2D eigenvalue weighted by molar-refractivity contribution is 5.93. The fourth-order valence-electron chi connectivity index (χ4n) is 3.29. The van der Waals surface area contributed by atoms with Crippen molar-refractivity contribution in [2.45, 2.75) is 45.8 Å². The fraction of sp³-hybridized carbons (Fsp3) is 0.440. The summed E-state index contributed by atoms with van der Waals surface area (Å²) in [6, 6.07) is 18.3. The van der Waals surface area contributed by atoms with Crippen molar-refractivity contribution in [2.24, 2.45) is 4.99 Å². The van der Waals surface area contributed by atoms with E-state index in [1.807, 2.05) is 30.3 Å².